The molecule has 0 fully saturated rings. The third-order valence-corrected chi connectivity index (χ3v) is 2.65. The SMILES string of the molecule is Cc1cc(C(=O)O)nc(NCc2ccncc2C)n1. The van der Waals surface area contributed by atoms with Crippen LogP contribution in [-0.4, -0.2) is 26.0 Å². The molecule has 2 rings (SSSR count). The molecule has 0 aliphatic heterocycles. The van der Waals surface area contributed by atoms with Crippen molar-refractivity contribution in [3.63, 3.8) is 0 Å². The summed E-state index contributed by atoms with van der Waals surface area (Å²) in [7, 11) is 0. The van der Waals surface area contributed by atoms with Crippen molar-refractivity contribution in [2.24, 2.45) is 0 Å². The summed E-state index contributed by atoms with van der Waals surface area (Å²) >= 11 is 0. The first-order chi connectivity index (χ1) is 9.06. The number of nitrogens with one attached hydrogen (secondary N) is 1. The highest BCUT2D eigenvalue weighted by Crippen LogP contribution is 2.09. The molecule has 2 aromatic rings. The molecule has 0 atom stereocenters. The van der Waals surface area contributed by atoms with E-state index in [1.807, 2.05) is 13.0 Å². The molecule has 2 heterocycles. The Balaban J connectivity index is 2.16. The number of aromatic carboxylic acids is 1. The maximum Gasteiger partial charge on any atom is 0.354 e. The van der Waals surface area contributed by atoms with Crippen molar-refractivity contribution < 1.29 is 9.90 Å². The highest BCUT2D eigenvalue weighted by molar-refractivity contribution is 5.85. The number of carboxylic acids is 1. The summed E-state index contributed by atoms with van der Waals surface area (Å²) in [5, 5.41) is 12.0. The van der Waals surface area contributed by atoms with E-state index >= 15 is 0 Å². The second-order valence-electron chi connectivity index (χ2n) is 4.18. The summed E-state index contributed by atoms with van der Waals surface area (Å²) in [6.45, 7) is 4.22. The van der Waals surface area contributed by atoms with E-state index < -0.39 is 5.97 Å². The monoisotopic (exact) mass is 258 g/mol. The van der Waals surface area contributed by atoms with Crippen LogP contribution >= 0.6 is 0 Å². The normalized spacial score (nSPS) is 10.2. The number of carbonyl (C=O) groups is 1. The number of hydrogen-bond donors (Lipinski definition) is 2. The first-order valence-corrected chi connectivity index (χ1v) is 5.78. The van der Waals surface area contributed by atoms with Gasteiger partial charge >= 0.3 is 5.97 Å². The van der Waals surface area contributed by atoms with Gasteiger partial charge in [0.15, 0.2) is 5.69 Å². The molecular weight excluding hydrogens is 244 g/mol. The molecule has 0 unspecified atom stereocenters. The lowest BCUT2D eigenvalue weighted by molar-refractivity contribution is 0.0690. The Morgan fingerprint density at radius 1 is 1.37 bits per heavy atom. The quantitative estimate of drug-likeness (QED) is 0.869. The molecule has 0 aliphatic carbocycles. The zero-order chi connectivity index (χ0) is 13.8. The van der Waals surface area contributed by atoms with Gasteiger partial charge in [-0.1, -0.05) is 0 Å². The summed E-state index contributed by atoms with van der Waals surface area (Å²) in [5.41, 5.74) is 2.72. The molecular formula is C13H14N4O2. The van der Waals surface area contributed by atoms with Crippen LogP contribution in [-0.2, 0) is 6.54 Å². The van der Waals surface area contributed by atoms with Gasteiger partial charge in [0.05, 0.1) is 0 Å². The van der Waals surface area contributed by atoms with E-state index in [1.54, 1.807) is 19.3 Å². The highest BCUT2D eigenvalue weighted by Gasteiger charge is 2.08. The van der Waals surface area contributed by atoms with E-state index in [1.165, 1.54) is 6.07 Å². The molecule has 0 saturated carbocycles. The van der Waals surface area contributed by atoms with Gasteiger partial charge in [0.1, 0.15) is 0 Å². The fourth-order valence-electron chi connectivity index (χ4n) is 1.63. The number of aromatic nitrogens is 3. The average Bonchev–Trinajstić information content (AvgIpc) is 2.37. The van der Waals surface area contributed by atoms with E-state index in [9.17, 15) is 4.79 Å². The number of hydrogen-bond acceptors (Lipinski definition) is 5. The van der Waals surface area contributed by atoms with Crippen molar-refractivity contribution in [2.45, 2.75) is 20.4 Å². The Morgan fingerprint density at radius 3 is 2.84 bits per heavy atom. The van der Waals surface area contributed by atoms with Crippen molar-refractivity contribution in [1.29, 1.82) is 0 Å². The number of carboxylic acid groups (broad SMARTS) is 1. The number of rotatable bonds is 4. The molecule has 0 radical (unpaired) electrons. The van der Waals surface area contributed by atoms with Gasteiger partial charge in [0, 0.05) is 24.6 Å². The second kappa shape index (κ2) is 5.43. The van der Waals surface area contributed by atoms with Gasteiger partial charge in [-0.2, -0.15) is 0 Å². The van der Waals surface area contributed by atoms with Gasteiger partial charge < -0.3 is 10.4 Å². The van der Waals surface area contributed by atoms with E-state index in [0.29, 0.717) is 18.2 Å². The molecule has 0 saturated heterocycles. The van der Waals surface area contributed by atoms with Crippen LogP contribution in [0.2, 0.25) is 0 Å². The summed E-state index contributed by atoms with van der Waals surface area (Å²) in [5.74, 6) is -0.748. The topological polar surface area (TPSA) is 88.0 Å². The molecule has 6 nitrogen and oxygen atoms in total. The number of anilines is 1. The van der Waals surface area contributed by atoms with E-state index in [2.05, 4.69) is 20.3 Å². The van der Waals surface area contributed by atoms with Gasteiger partial charge in [-0.05, 0) is 37.1 Å². The maximum absolute atomic E-state index is 10.9. The zero-order valence-corrected chi connectivity index (χ0v) is 10.7. The van der Waals surface area contributed by atoms with Crippen molar-refractivity contribution in [3.05, 3.63) is 47.0 Å². The van der Waals surface area contributed by atoms with E-state index in [-0.39, 0.29) is 5.69 Å². The number of nitrogens with zero attached hydrogens (tertiary/aromatic N) is 3. The second-order valence-corrected chi connectivity index (χ2v) is 4.18. The van der Waals surface area contributed by atoms with E-state index in [4.69, 9.17) is 5.11 Å². The lowest BCUT2D eigenvalue weighted by Gasteiger charge is -2.08. The standard InChI is InChI=1S/C13H14N4O2/c1-8-6-14-4-3-10(8)7-15-13-16-9(2)5-11(17-13)12(18)19/h3-6H,7H2,1-2H3,(H,18,19)(H,15,16,17). The van der Waals surface area contributed by atoms with Crippen LogP contribution in [0.25, 0.3) is 0 Å². The Morgan fingerprint density at radius 2 is 2.16 bits per heavy atom. The molecule has 98 valence electrons. The van der Waals surface area contributed by atoms with E-state index in [0.717, 1.165) is 11.1 Å². The minimum Gasteiger partial charge on any atom is -0.477 e. The number of aryl methyl sites for hydroxylation is 2. The predicted octanol–water partition coefficient (Wildman–Crippen LogP) is 1.80. The van der Waals surface area contributed by atoms with Crippen molar-refractivity contribution in [3.8, 4) is 0 Å². The maximum atomic E-state index is 10.9. The highest BCUT2D eigenvalue weighted by atomic mass is 16.4. The minimum absolute atomic E-state index is 0.0125. The minimum atomic E-state index is -1.06. The van der Waals surface area contributed by atoms with Crippen LogP contribution in [0.1, 0.15) is 27.3 Å². The molecule has 0 spiro atoms. The van der Waals surface area contributed by atoms with Crippen LogP contribution in [0.15, 0.2) is 24.5 Å². The summed E-state index contributed by atoms with van der Waals surface area (Å²) in [6, 6.07) is 3.33. The summed E-state index contributed by atoms with van der Waals surface area (Å²) < 4.78 is 0. The lowest BCUT2D eigenvalue weighted by atomic mass is 10.1. The van der Waals surface area contributed by atoms with Crippen LogP contribution in [0, 0.1) is 13.8 Å². The Hall–Kier alpha value is -2.50. The van der Waals surface area contributed by atoms with Gasteiger partial charge in [0.25, 0.3) is 0 Å². The van der Waals surface area contributed by atoms with Crippen LogP contribution in [0.5, 0.6) is 0 Å². The molecule has 0 amide bonds. The largest absolute Gasteiger partial charge is 0.477 e. The smallest absolute Gasteiger partial charge is 0.354 e. The van der Waals surface area contributed by atoms with Crippen molar-refractivity contribution in [2.75, 3.05) is 5.32 Å². The third kappa shape index (κ3) is 3.25. The van der Waals surface area contributed by atoms with Crippen LogP contribution < -0.4 is 5.32 Å². The molecule has 0 bridgehead atoms. The molecule has 2 N–H and O–H groups in total. The van der Waals surface area contributed by atoms with Crippen LogP contribution in [0.3, 0.4) is 0 Å². The Labute approximate surface area is 110 Å². The molecule has 19 heavy (non-hydrogen) atoms. The molecule has 0 aromatic carbocycles. The predicted molar refractivity (Wildman–Crippen MR) is 70.0 cm³/mol. The molecule has 2 aromatic heterocycles. The fraction of sp³-hybridized carbons (Fsp3) is 0.231. The Kier molecular flexibility index (Phi) is 3.70. The fourth-order valence-corrected chi connectivity index (χ4v) is 1.63. The Bertz CT molecular complexity index is 613. The molecule has 0 aliphatic rings. The summed E-state index contributed by atoms with van der Waals surface area (Å²) in [4.78, 5) is 23.0. The number of pyridine rings is 1. The van der Waals surface area contributed by atoms with Crippen molar-refractivity contribution >= 4 is 11.9 Å². The first-order valence-electron chi connectivity index (χ1n) is 5.78. The zero-order valence-electron chi connectivity index (χ0n) is 10.7. The van der Waals surface area contributed by atoms with Crippen molar-refractivity contribution in [1.82, 2.24) is 15.0 Å². The molecule has 6 heteroatoms. The third-order valence-electron chi connectivity index (χ3n) is 2.65. The van der Waals surface area contributed by atoms with Gasteiger partial charge in [-0.25, -0.2) is 14.8 Å². The lowest BCUT2D eigenvalue weighted by Crippen LogP contribution is -2.09. The van der Waals surface area contributed by atoms with Gasteiger partial charge in [-0.3, -0.25) is 4.98 Å². The van der Waals surface area contributed by atoms with Gasteiger partial charge in [-0.15, -0.1) is 0 Å². The van der Waals surface area contributed by atoms with Gasteiger partial charge in [0.2, 0.25) is 5.95 Å². The first kappa shape index (κ1) is 12.9. The summed E-state index contributed by atoms with van der Waals surface area (Å²) in [6.07, 6.45) is 3.49. The average molecular weight is 258 g/mol. The van der Waals surface area contributed by atoms with Crippen LogP contribution in [0.4, 0.5) is 5.95 Å².